The lowest BCUT2D eigenvalue weighted by Gasteiger charge is -2.33. The van der Waals surface area contributed by atoms with Crippen molar-refractivity contribution in [2.45, 2.75) is 45.1 Å². The van der Waals surface area contributed by atoms with Crippen molar-refractivity contribution in [2.75, 3.05) is 19.7 Å². The summed E-state index contributed by atoms with van der Waals surface area (Å²) < 4.78 is 5.98. The van der Waals surface area contributed by atoms with E-state index < -0.39 is 11.9 Å². The first kappa shape index (κ1) is 21.6. The van der Waals surface area contributed by atoms with E-state index in [9.17, 15) is 14.4 Å². The molecule has 29 heavy (non-hydrogen) atoms. The third kappa shape index (κ3) is 5.28. The SMILES string of the molecule is CCN(C(=O)COC(=O)CNC(=O)c1sc2ccccc2c1Cl)C1CCCCC1. The summed E-state index contributed by atoms with van der Waals surface area (Å²) in [6.45, 7) is 1.92. The van der Waals surface area contributed by atoms with Crippen LogP contribution in [0.4, 0.5) is 0 Å². The number of nitrogens with one attached hydrogen (secondary N) is 1. The lowest BCUT2D eigenvalue weighted by molar-refractivity contribution is -0.152. The Kier molecular flexibility index (Phi) is 7.50. The van der Waals surface area contributed by atoms with Gasteiger partial charge in [0.25, 0.3) is 11.8 Å². The van der Waals surface area contributed by atoms with Crippen LogP contribution in [0.3, 0.4) is 0 Å². The number of halogens is 1. The second-order valence-corrected chi connectivity index (χ2v) is 8.49. The van der Waals surface area contributed by atoms with Crippen LogP contribution in [0, 0.1) is 0 Å². The predicted molar refractivity (Wildman–Crippen MR) is 114 cm³/mol. The standard InChI is InChI=1S/C21H25ClN2O4S/c1-2-24(14-8-4-3-5-9-14)17(25)13-28-18(26)12-23-21(27)20-19(22)15-10-6-7-11-16(15)29-20/h6-7,10-11,14H,2-5,8-9,12-13H2,1H3,(H,23,27). The van der Waals surface area contributed by atoms with Gasteiger partial charge in [0.1, 0.15) is 11.4 Å². The average Bonchev–Trinajstić information content (AvgIpc) is 3.08. The molecule has 0 saturated heterocycles. The Bertz CT molecular complexity index is 892. The summed E-state index contributed by atoms with van der Waals surface area (Å²) in [6.07, 6.45) is 5.46. The predicted octanol–water partition coefficient (Wildman–Crippen LogP) is 4.01. The topological polar surface area (TPSA) is 75.7 Å². The number of benzene rings is 1. The Morgan fingerprint density at radius 2 is 1.93 bits per heavy atom. The van der Waals surface area contributed by atoms with Crippen molar-refractivity contribution in [2.24, 2.45) is 0 Å². The van der Waals surface area contributed by atoms with Crippen LogP contribution in [-0.2, 0) is 14.3 Å². The first-order chi connectivity index (χ1) is 14.0. The summed E-state index contributed by atoms with van der Waals surface area (Å²) in [7, 11) is 0. The molecule has 8 heteroatoms. The number of esters is 1. The van der Waals surface area contributed by atoms with E-state index in [1.54, 1.807) is 4.90 Å². The van der Waals surface area contributed by atoms with Crippen molar-refractivity contribution in [1.29, 1.82) is 0 Å². The summed E-state index contributed by atoms with van der Waals surface area (Å²) in [5.41, 5.74) is 0. The summed E-state index contributed by atoms with van der Waals surface area (Å²) in [5.74, 6) is -1.27. The summed E-state index contributed by atoms with van der Waals surface area (Å²) in [4.78, 5) is 38.9. The van der Waals surface area contributed by atoms with E-state index in [0.29, 0.717) is 16.4 Å². The van der Waals surface area contributed by atoms with Crippen molar-refractivity contribution in [3.63, 3.8) is 0 Å². The van der Waals surface area contributed by atoms with Crippen LogP contribution in [0.5, 0.6) is 0 Å². The highest BCUT2D eigenvalue weighted by atomic mass is 35.5. The minimum absolute atomic E-state index is 0.188. The zero-order chi connectivity index (χ0) is 20.8. The lowest BCUT2D eigenvalue weighted by atomic mass is 9.94. The number of thiophene rings is 1. The van der Waals surface area contributed by atoms with Crippen LogP contribution >= 0.6 is 22.9 Å². The van der Waals surface area contributed by atoms with E-state index in [2.05, 4.69) is 5.32 Å². The van der Waals surface area contributed by atoms with Crippen LogP contribution in [0.2, 0.25) is 5.02 Å². The van der Waals surface area contributed by atoms with Gasteiger partial charge in [-0.25, -0.2) is 0 Å². The largest absolute Gasteiger partial charge is 0.454 e. The van der Waals surface area contributed by atoms with Gasteiger partial charge < -0.3 is 15.0 Å². The highest BCUT2D eigenvalue weighted by molar-refractivity contribution is 7.21. The number of rotatable bonds is 7. The van der Waals surface area contributed by atoms with Gasteiger partial charge >= 0.3 is 5.97 Å². The smallest absolute Gasteiger partial charge is 0.325 e. The Balaban J connectivity index is 1.48. The van der Waals surface area contributed by atoms with Gasteiger partial charge in [-0.05, 0) is 25.8 Å². The molecule has 1 aliphatic carbocycles. The van der Waals surface area contributed by atoms with Gasteiger partial charge in [0.05, 0.1) is 5.02 Å². The van der Waals surface area contributed by atoms with Crippen LogP contribution in [0.25, 0.3) is 10.1 Å². The molecule has 3 rings (SSSR count). The molecule has 6 nitrogen and oxygen atoms in total. The van der Waals surface area contributed by atoms with Crippen molar-refractivity contribution >= 4 is 50.8 Å². The van der Waals surface area contributed by atoms with Crippen molar-refractivity contribution in [3.05, 3.63) is 34.2 Å². The van der Waals surface area contributed by atoms with Crippen LogP contribution in [-0.4, -0.2) is 48.4 Å². The Morgan fingerprint density at radius 1 is 1.21 bits per heavy atom. The second kappa shape index (κ2) is 10.1. The molecule has 1 fully saturated rings. The third-order valence-corrected chi connectivity index (χ3v) is 6.84. The van der Waals surface area contributed by atoms with E-state index in [4.69, 9.17) is 16.3 Å². The molecule has 0 bridgehead atoms. The highest BCUT2D eigenvalue weighted by Crippen LogP contribution is 2.34. The van der Waals surface area contributed by atoms with Gasteiger partial charge in [-0.1, -0.05) is 49.1 Å². The highest BCUT2D eigenvalue weighted by Gasteiger charge is 2.25. The first-order valence-electron chi connectivity index (χ1n) is 9.91. The van der Waals surface area contributed by atoms with Gasteiger partial charge in [-0.2, -0.15) is 0 Å². The lowest BCUT2D eigenvalue weighted by Crippen LogP contribution is -2.43. The maximum atomic E-state index is 12.4. The quantitative estimate of drug-likeness (QED) is 0.665. The van der Waals surface area contributed by atoms with Gasteiger partial charge in [0.15, 0.2) is 6.61 Å². The zero-order valence-corrected chi connectivity index (χ0v) is 18.0. The normalized spacial score (nSPS) is 14.6. The summed E-state index contributed by atoms with van der Waals surface area (Å²) in [5, 5.41) is 3.70. The monoisotopic (exact) mass is 436 g/mol. The minimum atomic E-state index is -0.649. The maximum absolute atomic E-state index is 12.4. The molecule has 0 unspecified atom stereocenters. The molecule has 0 spiro atoms. The van der Waals surface area contributed by atoms with Gasteiger partial charge in [-0.15, -0.1) is 11.3 Å². The summed E-state index contributed by atoms with van der Waals surface area (Å²) >= 11 is 7.55. The average molecular weight is 437 g/mol. The minimum Gasteiger partial charge on any atom is -0.454 e. The number of ether oxygens (including phenoxy) is 1. The molecule has 1 N–H and O–H groups in total. The molecular weight excluding hydrogens is 412 g/mol. The molecule has 1 heterocycles. The Morgan fingerprint density at radius 3 is 2.62 bits per heavy atom. The Hall–Kier alpha value is -2.12. The number of carbonyl (C=O) groups is 3. The molecule has 1 aromatic carbocycles. The fourth-order valence-corrected chi connectivity index (χ4v) is 5.13. The number of hydrogen-bond donors (Lipinski definition) is 1. The van der Waals surface area contributed by atoms with E-state index in [1.165, 1.54) is 17.8 Å². The number of hydrogen-bond acceptors (Lipinski definition) is 5. The number of amides is 2. The van der Waals surface area contributed by atoms with E-state index in [-0.39, 0.29) is 25.1 Å². The molecular formula is C21H25ClN2O4S. The fraction of sp³-hybridized carbons (Fsp3) is 0.476. The molecule has 2 amide bonds. The van der Waals surface area contributed by atoms with Crippen LogP contribution in [0.1, 0.15) is 48.7 Å². The van der Waals surface area contributed by atoms with Crippen LogP contribution < -0.4 is 5.32 Å². The molecule has 1 aliphatic rings. The maximum Gasteiger partial charge on any atom is 0.325 e. The van der Waals surface area contributed by atoms with Crippen molar-refractivity contribution < 1.29 is 19.1 Å². The molecule has 156 valence electrons. The van der Waals surface area contributed by atoms with Gasteiger partial charge in [0, 0.05) is 22.7 Å². The number of likely N-dealkylation sites (N-methyl/N-ethyl adjacent to an activating group) is 1. The van der Waals surface area contributed by atoms with E-state index >= 15 is 0 Å². The first-order valence-corrected chi connectivity index (χ1v) is 11.1. The van der Waals surface area contributed by atoms with E-state index in [1.807, 2.05) is 31.2 Å². The molecule has 1 aromatic heterocycles. The third-order valence-electron chi connectivity index (χ3n) is 5.17. The van der Waals surface area contributed by atoms with Crippen molar-refractivity contribution in [1.82, 2.24) is 10.2 Å². The summed E-state index contributed by atoms with van der Waals surface area (Å²) in [6, 6.07) is 7.68. The number of fused-ring (bicyclic) bond motifs is 1. The van der Waals surface area contributed by atoms with Gasteiger partial charge in [-0.3, -0.25) is 14.4 Å². The van der Waals surface area contributed by atoms with Gasteiger partial charge in [0.2, 0.25) is 0 Å². The van der Waals surface area contributed by atoms with E-state index in [0.717, 1.165) is 35.8 Å². The fourth-order valence-electron chi connectivity index (χ4n) is 3.70. The molecule has 0 radical (unpaired) electrons. The zero-order valence-electron chi connectivity index (χ0n) is 16.4. The molecule has 0 aliphatic heterocycles. The Labute approximate surface area is 179 Å². The second-order valence-electron chi connectivity index (χ2n) is 7.06. The van der Waals surface area contributed by atoms with Crippen LogP contribution in [0.15, 0.2) is 24.3 Å². The molecule has 2 aromatic rings. The van der Waals surface area contributed by atoms with Crippen molar-refractivity contribution in [3.8, 4) is 0 Å². The molecule has 1 saturated carbocycles. The number of nitrogens with zero attached hydrogens (tertiary/aromatic N) is 1. The molecule has 0 atom stereocenters. The number of carbonyl (C=O) groups excluding carboxylic acids is 3.